The number of fused-ring (bicyclic) bond motifs is 1. The molecule has 3 aromatic rings. The fourth-order valence-corrected chi connectivity index (χ4v) is 2.17. The van der Waals surface area contributed by atoms with Gasteiger partial charge < -0.3 is 9.32 Å². The second-order valence-electron chi connectivity index (χ2n) is 4.59. The first-order valence-electron chi connectivity index (χ1n) is 6.31. The Morgan fingerprint density at radius 1 is 1.25 bits per heavy atom. The van der Waals surface area contributed by atoms with Gasteiger partial charge in [0.15, 0.2) is 0 Å². The van der Waals surface area contributed by atoms with Crippen LogP contribution in [0.4, 0.5) is 5.82 Å². The van der Waals surface area contributed by atoms with E-state index in [1.54, 1.807) is 6.26 Å². The van der Waals surface area contributed by atoms with Gasteiger partial charge in [-0.25, -0.2) is 4.98 Å². The van der Waals surface area contributed by atoms with Gasteiger partial charge in [-0.15, -0.1) is 0 Å². The van der Waals surface area contributed by atoms with Gasteiger partial charge in [0.25, 0.3) is 0 Å². The number of anilines is 1. The van der Waals surface area contributed by atoms with E-state index in [9.17, 15) is 5.26 Å². The minimum atomic E-state index is 0.614. The predicted molar refractivity (Wildman–Crippen MR) is 77.3 cm³/mol. The van der Waals surface area contributed by atoms with E-state index in [1.807, 2.05) is 54.4 Å². The Bertz CT molecular complexity index is 772. The highest BCUT2D eigenvalue weighted by atomic mass is 16.3. The summed E-state index contributed by atoms with van der Waals surface area (Å²) in [4.78, 5) is 6.56. The zero-order chi connectivity index (χ0) is 13.9. The summed E-state index contributed by atoms with van der Waals surface area (Å²) in [5, 5.41) is 10.2. The first-order chi connectivity index (χ1) is 9.78. The normalized spacial score (nSPS) is 10.4. The van der Waals surface area contributed by atoms with Gasteiger partial charge in [0, 0.05) is 12.4 Å². The van der Waals surface area contributed by atoms with Crippen molar-refractivity contribution < 1.29 is 4.42 Å². The monoisotopic (exact) mass is 263 g/mol. The lowest BCUT2D eigenvalue weighted by Crippen LogP contribution is -2.17. The average Bonchev–Trinajstić information content (AvgIpc) is 2.99. The third kappa shape index (κ3) is 2.21. The Labute approximate surface area is 116 Å². The molecular weight excluding hydrogens is 250 g/mol. The van der Waals surface area contributed by atoms with Gasteiger partial charge in [-0.05, 0) is 24.3 Å². The van der Waals surface area contributed by atoms with Gasteiger partial charge >= 0.3 is 0 Å². The summed E-state index contributed by atoms with van der Waals surface area (Å²) in [5.41, 5.74) is 1.46. The molecule has 20 heavy (non-hydrogen) atoms. The number of furan rings is 1. The van der Waals surface area contributed by atoms with Crippen LogP contribution in [0.25, 0.3) is 10.9 Å². The van der Waals surface area contributed by atoms with Crippen molar-refractivity contribution in [2.75, 3.05) is 11.9 Å². The Morgan fingerprint density at radius 3 is 2.85 bits per heavy atom. The molecule has 0 aliphatic heterocycles. The number of nitrogens with zero attached hydrogens (tertiary/aromatic N) is 3. The Balaban J connectivity index is 2.01. The summed E-state index contributed by atoms with van der Waals surface area (Å²) < 4.78 is 5.34. The fourth-order valence-electron chi connectivity index (χ4n) is 2.17. The van der Waals surface area contributed by atoms with Crippen molar-refractivity contribution in [3.63, 3.8) is 0 Å². The average molecular weight is 263 g/mol. The molecule has 0 saturated carbocycles. The second kappa shape index (κ2) is 5.06. The highest BCUT2D eigenvalue weighted by Gasteiger charge is 2.10. The SMILES string of the molecule is CN(Cc1ccco1)c1cc(C#N)c2ccccc2n1. The third-order valence-electron chi connectivity index (χ3n) is 3.19. The van der Waals surface area contributed by atoms with Crippen LogP contribution in [0.15, 0.2) is 53.1 Å². The van der Waals surface area contributed by atoms with Crippen LogP contribution in [0.3, 0.4) is 0 Å². The zero-order valence-corrected chi connectivity index (χ0v) is 11.1. The third-order valence-corrected chi connectivity index (χ3v) is 3.19. The number of hydrogen-bond acceptors (Lipinski definition) is 4. The van der Waals surface area contributed by atoms with Crippen LogP contribution in [0.2, 0.25) is 0 Å². The van der Waals surface area contributed by atoms with Crippen molar-refractivity contribution in [1.82, 2.24) is 4.98 Å². The number of rotatable bonds is 3. The van der Waals surface area contributed by atoms with Crippen LogP contribution in [0, 0.1) is 11.3 Å². The van der Waals surface area contributed by atoms with Crippen LogP contribution in [0.5, 0.6) is 0 Å². The summed E-state index contributed by atoms with van der Waals surface area (Å²) in [6.07, 6.45) is 1.65. The van der Waals surface area contributed by atoms with E-state index in [4.69, 9.17) is 4.42 Å². The van der Waals surface area contributed by atoms with E-state index in [-0.39, 0.29) is 0 Å². The number of benzene rings is 1. The Hall–Kier alpha value is -2.80. The fraction of sp³-hybridized carbons (Fsp3) is 0.125. The van der Waals surface area contributed by atoms with Crippen LogP contribution in [-0.2, 0) is 6.54 Å². The molecule has 1 aromatic carbocycles. The second-order valence-corrected chi connectivity index (χ2v) is 4.59. The number of nitriles is 1. The first kappa shape index (κ1) is 12.2. The highest BCUT2D eigenvalue weighted by Crippen LogP contribution is 2.22. The van der Waals surface area contributed by atoms with Crippen molar-refractivity contribution in [2.45, 2.75) is 6.54 Å². The molecule has 4 nitrogen and oxygen atoms in total. The van der Waals surface area contributed by atoms with Gasteiger partial charge in [0.2, 0.25) is 0 Å². The van der Waals surface area contributed by atoms with E-state index in [2.05, 4.69) is 11.1 Å². The smallest absolute Gasteiger partial charge is 0.130 e. The molecule has 0 spiro atoms. The maximum Gasteiger partial charge on any atom is 0.130 e. The zero-order valence-electron chi connectivity index (χ0n) is 11.1. The molecule has 2 aromatic heterocycles. The summed E-state index contributed by atoms with van der Waals surface area (Å²) >= 11 is 0. The summed E-state index contributed by atoms with van der Waals surface area (Å²) in [6, 6.07) is 15.5. The largest absolute Gasteiger partial charge is 0.467 e. The highest BCUT2D eigenvalue weighted by molar-refractivity contribution is 5.86. The van der Waals surface area contributed by atoms with E-state index >= 15 is 0 Å². The van der Waals surface area contributed by atoms with Crippen molar-refractivity contribution >= 4 is 16.7 Å². The van der Waals surface area contributed by atoms with Crippen LogP contribution in [0.1, 0.15) is 11.3 Å². The molecule has 0 radical (unpaired) electrons. The van der Waals surface area contributed by atoms with Gasteiger partial charge in [0.05, 0.1) is 30.0 Å². The molecule has 0 saturated heterocycles. The lowest BCUT2D eigenvalue weighted by Gasteiger charge is -2.17. The van der Waals surface area contributed by atoms with E-state index in [1.165, 1.54) is 0 Å². The van der Waals surface area contributed by atoms with Gasteiger partial charge in [-0.3, -0.25) is 0 Å². The van der Waals surface area contributed by atoms with Gasteiger partial charge in [-0.2, -0.15) is 5.26 Å². The molecule has 3 rings (SSSR count). The molecule has 0 bridgehead atoms. The topological polar surface area (TPSA) is 53.1 Å². The standard InChI is InChI=1S/C16H13N3O/c1-19(11-13-5-4-8-20-13)16-9-12(10-17)14-6-2-3-7-15(14)18-16/h2-9H,11H2,1H3. The van der Waals surface area contributed by atoms with Crippen molar-refractivity contribution in [1.29, 1.82) is 5.26 Å². The van der Waals surface area contributed by atoms with Crippen LogP contribution < -0.4 is 4.90 Å². The number of hydrogen-bond donors (Lipinski definition) is 0. The summed E-state index contributed by atoms with van der Waals surface area (Å²) in [5.74, 6) is 1.62. The maximum atomic E-state index is 9.28. The number of para-hydroxylation sites is 1. The first-order valence-corrected chi connectivity index (χ1v) is 6.31. The van der Waals surface area contributed by atoms with E-state index < -0.39 is 0 Å². The van der Waals surface area contributed by atoms with Crippen molar-refractivity contribution in [3.8, 4) is 6.07 Å². The van der Waals surface area contributed by atoms with Gasteiger partial charge in [-0.1, -0.05) is 18.2 Å². The molecule has 0 atom stereocenters. The van der Waals surface area contributed by atoms with E-state index in [0.717, 1.165) is 22.5 Å². The predicted octanol–water partition coefficient (Wildman–Crippen LogP) is 3.34. The molecule has 98 valence electrons. The lowest BCUT2D eigenvalue weighted by molar-refractivity contribution is 0.507. The lowest BCUT2D eigenvalue weighted by atomic mass is 10.1. The molecule has 0 N–H and O–H groups in total. The Morgan fingerprint density at radius 2 is 2.10 bits per heavy atom. The molecule has 4 heteroatoms. The summed E-state index contributed by atoms with van der Waals surface area (Å²) in [7, 11) is 1.93. The molecular formula is C16H13N3O. The van der Waals surface area contributed by atoms with Gasteiger partial charge in [0.1, 0.15) is 11.6 Å². The quantitative estimate of drug-likeness (QED) is 0.727. The minimum Gasteiger partial charge on any atom is -0.467 e. The van der Waals surface area contributed by atoms with Crippen molar-refractivity contribution in [3.05, 3.63) is 60.1 Å². The molecule has 0 unspecified atom stereocenters. The molecule has 0 aliphatic carbocycles. The van der Waals surface area contributed by atoms with E-state index in [0.29, 0.717) is 12.1 Å². The molecule has 0 fully saturated rings. The van der Waals surface area contributed by atoms with Crippen LogP contribution in [-0.4, -0.2) is 12.0 Å². The molecule has 0 amide bonds. The number of pyridine rings is 1. The summed E-state index contributed by atoms with van der Waals surface area (Å²) in [6.45, 7) is 0.614. The molecule has 2 heterocycles. The van der Waals surface area contributed by atoms with Crippen LogP contribution >= 0.6 is 0 Å². The Kier molecular flexibility index (Phi) is 3.10. The molecule has 0 aliphatic rings. The minimum absolute atomic E-state index is 0.614. The number of aromatic nitrogens is 1. The maximum absolute atomic E-state index is 9.28. The van der Waals surface area contributed by atoms with Crippen molar-refractivity contribution in [2.24, 2.45) is 0 Å².